The molecule has 0 bridgehead atoms. The van der Waals surface area contributed by atoms with Crippen LogP contribution < -0.4 is 10.2 Å². The van der Waals surface area contributed by atoms with Crippen LogP contribution >= 0.6 is 11.8 Å². The second-order valence-electron chi connectivity index (χ2n) is 7.58. The Labute approximate surface area is 177 Å². The Morgan fingerprint density at radius 1 is 1.21 bits per heavy atom. The molecule has 0 saturated carbocycles. The van der Waals surface area contributed by atoms with E-state index in [0.717, 1.165) is 42.7 Å². The van der Waals surface area contributed by atoms with Crippen LogP contribution in [0.15, 0.2) is 35.5 Å². The lowest BCUT2D eigenvalue weighted by atomic mass is 9.97. The van der Waals surface area contributed by atoms with Crippen LogP contribution in [0.1, 0.15) is 38.8 Å². The Morgan fingerprint density at radius 3 is 2.59 bits per heavy atom. The molecule has 3 rings (SSSR count). The Bertz CT molecular complexity index is 775. The molecule has 1 aliphatic rings. The highest BCUT2D eigenvalue weighted by Crippen LogP contribution is 2.24. The summed E-state index contributed by atoms with van der Waals surface area (Å²) >= 11 is 1.44. The molecule has 1 saturated heterocycles. The van der Waals surface area contributed by atoms with Gasteiger partial charge >= 0.3 is 0 Å². The topological polar surface area (TPSA) is 72.3 Å². The van der Waals surface area contributed by atoms with Gasteiger partial charge < -0.3 is 15.0 Å². The third-order valence-electron chi connectivity index (χ3n) is 4.88. The monoisotopic (exact) mass is 417 g/mol. The number of carbonyl (C=O) groups is 1. The van der Waals surface area contributed by atoms with Gasteiger partial charge in [0.2, 0.25) is 11.9 Å². The number of nitrogens with one attached hydrogen (secondary N) is 1. The minimum atomic E-state index is 0.0167. The average molecular weight is 418 g/mol. The Morgan fingerprint density at radius 2 is 1.93 bits per heavy atom. The molecule has 1 aliphatic heterocycles. The summed E-state index contributed by atoms with van der Waals surface area (Å²) in [5, 5.41) is 12.7. The van der Waals surface area contributed by atoms with Gasteiger partial charge in [-0.1, -0.05) is 55.9 Å². The van der Waals surface area contributed by atoms with Crippen molar-refractivity contribution in [1.29, 1.82) is 0 Å². The van der Waals surface area contributed by atoms with Gasteiger partial charge in [-0.05, 0) is 24.8 Å². The Kier molecular flexibility index (Phi) is 7.94. The molecule has 1 fully saturated rings. The first kappa shape index (κ1) is 21.6. The molecule has 0 radical (unpaired) electrons. The fraction of sp³-hybridized carbons (Fsp3) is 0.571. The molecule has 1 N–H and O–H groups in total. The zero-order chi connectivity index (χ0) is 20.6. The van der Waals surface area contributed by atoms with E-state index in [4.69, 9.17) is 4.74 Å². The standard InChI is InChI=1S/C21H31N5O2S/c1-4-26-20(25-10-12-28-13-11-25)23-24-21(26)29-15-19(27)22-18(14-16(2)3)17-8-6-5-7-9-17/h5-9,16,18H,4,10-15H2,1-3H3,(H,22,27)/t18-/m1/s1. The third kappa shape index (κ3) is 5.96. The molecule has 7 nitrogen and oxygen atoms in total. The highest BCUT2D eigenvalue weighted by atomic mass is 32.2. The zero-order valence-corrected chi connectivity index (χ0v) is 18.3. The van der Waals surface area contributed by atoms with E-state index in [2.05, 4.69) is 57.9 Å². The molecule has 1 aromatic carbocycles. The maximum Gasteiger partial charge on any atom is 0.230 e. The number of thioether (sulfide) groups is 1. The molecule has 8 heteroatoms. The van der Waals surface area contributed by atoms with E-state index in [-0.39, 0.29) is 11.9 Å². The van der Waals surface area contributed by atoms with Crippen LogP contribution in [-0.4, -0.2) is 52.7 Å². The van der Waals surface area contributed by atoms with Crippen molar-refractivity contribution in [2.24, 2.45) is 5.92 Å². The van der Waals surface area contributed by atoms with Crippen molar-refractivity contribution < 1.29 is 9.53 Å². The summed E-state index contributed by atoms with van der Waals surface area (Å²) < 4.78 is 7.50. The van der Waals surface area contributed by atoms with Crippen LogP contribution in [0.2, 0.25) is 0 Å². The first-order valence-corrected chi connectivity index (χ1v) is 11.3. The normalized spacial score (nSPS) is 15.5. The van der Waals surface area contributed by atoms with Gasteiger partial charge in [0.05, 0.1) is 25.0 Å². The molecule has 0 unspecified atom stereocenters. The number of benzene rings is 1. The quantitative estimate of drug-likeness (QED) is 0.632. The largest absolute Gasteiger partial charge is 0.378 e. The van der Waals surface area contributed by atoms with Crippen molar-refractivity contribution in [3.05, 3.63) is 35.9 Å². The summed E-state index contributed by atoms with van der Waals surface area (Å²) in [5.41, 5.74) is 1.14. The van der Waals surface area contributed by atoms with Crippen LogP contribution in [-0.2, 0) is 16.1 Å². The van der Waals surface area contributed by atoms with Crippen LogP contribution in [0.3, 0.4) is 0 Å². The predicted octanol–water partition coefficient (Wildman–Crippen LogP) is 3.13. The molecule has 1 amide bonds. The molecule has 1 aromatic heterocycles. The van der Waals surface area contributed by atoms with Gasteiger partial charge in [0.15, 0.2) is 5.16 Å². The zero-order valence-electron chi connectivity index (χ0n) is 17.5. The summed E-state index contributed by atoms with van der Waals surface area (Å²) in [6.45, 7) is 10.2. The number of morpholine rings is 1. The van der Waals surface area contributed by atoms with Crippen LogP contribution in [0.4, 0.5) is 5.95 Å². The van der Waals surface area contributed by atoms with Crippen LogP contribution in [0.5, 0.6) is 0 Å². The lowest BCUT2D eigenvalue weighted by Gasteiger charge is -2.27. The number of hydrogen-bond acceptors (Lipinski definition) is 6. The van der Waals surface area contributed by atoms with E-state index in [1.54, 1.807) is 0 Å². The van der Waals surface area contributed by atoms with E-state index in [0.29, 0.717) is 24.9 Å². The Balaban J connectivity index is 1.61. The van der Waals surface area contributed by atoms with Gasteiger partial charge in [-0.2, -0.15) is 0 Å². The van der Waals surface area contributed by atoms with E-state index in [1.165, 1.54) is 11.8 Å². The number of nitrogens with zero attached hydrogens (tertiary/aromatic N) is 4. The second-order valence-corrected chi connectivity index (χ2v) is 8.52. The molecular formula is C21H31N5O2S. The number of anilines is 1. The minimum Gasteiger partial charge on any atom is -0.378 e. The number of aromatic nitrogens is 3. The summed E-state index contributed by atoms with van der Waals surface area (Å²) in [4.78, 5) is 14.9. The van der Waals surface area contributed by atoms with E-state index in [9.17, 15) is 4.79 Å². The smallest absolute Gasteiger partial charge is 0.230 e. The van der Waals surface area contributed by atoms with Crippen LogP contribution in [0.25, 0.3) is 0 Å². The number of ether oxygens (including phenoxy) is 1. The lowest BCUT2D eigenvalue weighted by Crippen LogP contribution is -2.38. The van der Waals surface area contributed by atoms with Crippen LogP contribution in [0, 0.1) is 5.92 Å². The molecule has 0 spiro atoms. The highest BCUT2D eigenvalue weighted by Gasteiger charge is 2.21. The highest BCUT2D eigenvalue weighted by molar-refractivity contribution is 7.99. The number of amides is 1. The van der Waals surface area contributed by atoms with Crippen molar-refractivity contribution in [3.8, 4) is 0 Å². The lowest BCUT2D eigenvalue weighted by molar-refractivity contribution is -0.119. The molecule has 1 atom stereocenters. The van der Waals surface area contributed by atoms with Gasteiger partial charge in [-0.25, -0.2) is 0 Å². The molecule has 158 valence electrons. The number of rotatable bonds is 9. The summed E-state index contributed by atoms with van der Waals surface area (Å²) in [6.07, 6.45) is 0.909. The van der Waals surface area contributed by atoms with Crippen molar-refractivity contribution in [1.82, 2.24) is 20.1 Å². The second kappa shape index (κ2) is 10.6. The van der Waals surface area contributed by atoms with Gasteiger partial charge in [0.25, 0.3) is 0 Å². The minimum absolute atomic E-state index is 0.0167. The molecule has 2 aromatic rings. The van der Waals surface area contributed by atoms with E-state index >= 15 is 0 Å². The van der Waals surface area contributed by atoms with Gasteiger partial charge in [-0.15, -0.1) is 10.2 Å². The van der Waals surface area contributed by atoms with E-state index < -0.39 is 0 Å². The first-order valence-electron chi connectivity index (χ1n) is 10.3. The maximum absolute atomic E-state index is 12.7. The van der Waals surface area contributed by atoms with Crippen molar-refractivity contribution in [3.63, 3.8) is 0 Å². The van der Waals surface area contributed by atoms with Crippen molar-refractivity contribution >= 4 is 23.6 Å². The van der Waals surface area contributed by atoms with Crippen molar-refractivity contribution in [2.45, 2.75) is 44.9 Å². The molecule has 29 heavy (non-hydrogen) atoms. The Hall–Kier alpha value is -2.06. The van der Waals surface area contributed by atoms with Crippen molar-refractivity contribution in [2.75, 3.05) is 37.0 Å². The average Bonchev–Trinajstić information content (AvgIpc) is 3.15. The fourth-order valence-corrected chi connectivity index (χ4v) is 4.27. The predicted molar refractivity (Wildman–Crippen MR) is 116 cm³/mol. The van der Waals surface area contributed by atoms with E-state index in [1.807, 2.05) is 18.2 Å². The van der Waals surface area contributed by atoms with Gasteiger partial charge in [0.1, 0.15) is 0 Å². The number of hydrogen-bond donors (Lipinski definition) is 1. The summed E-state index contributed by atoms with van der Waals surface area (Å²) in [7, 11) is 0. The summed E-state index contributed by atoms with van der Waals surface area (Å²) in [5.74, 6) is 1.69. The molecule has 0 aliphatic carbocycles. The van der Waals surface area contributed by atoms with Gasteiger partial charge in [-0.3, -0.25) is 9.36 Å². The SMILES string of the molecule is CCn1c(SCC(=O)N[C@H](CC(C)C)c2ccccc2)nnc1N1CCOCC1. The molecule has 2 heterocycles. The fourth-order valence-electron chi connectivity index (χ4n) is 3.46. The first-order chi connectivity index (χ1) is 14.1. The van der Waals surface area contributed by atoms with Gasteiger partial charge in [0, 0.05) is 19.6 Å². The molecular weight excluding hydrogens is 386 g/mol. The third-order valence-corrected chi connectivity index (χ3v) is 5.85. The maximum atomic E-state index is 12.7. The number of carbonyl (C=O) groups excluding carboxylic acids is 1. The summed E-state index contributed by atoms with van der Waals surface area (Å²) in [6, 6.07) is 10.2.